The molecule has 0 aliphatic rings. The Labute approximate surface area is 157 Å². The molecule has 0 bridgehead atoms. The second kappa shape index (κ2) is 9.41. The number of hydrogen-bond donors (Lipinski definition) is 2. The number of fused-ring (bicyclic) bond motifs is 1. The summed E-state index contributed by atoms with van der Waals surface area (Å²) in [5, 5.41) is 1.00. The first-order chi connectivity index (χ1) is 10.2. The van der Waals surface area contributed by atoms with Crippen LogP contribution in [0.25, 0.3) is 11.0 Å². The molecule has 2 aromatic rings. The van der Waals surface area contributed by atoms with Gasteiger partial charge in [0.1, 0.15) is 5.58 Å². The van der Waals surface area contributed by atoms with E-state index in [2.05, 4.69) is 24.8 Å². The summed E-state index contributed by atoms with van der Waals surface area (Å²) in [5.41, 5.74) is 2.43. The summed E-state index contributed by atoms with van der Waals surface area (Å²) in [7, 11) is -4.67. The maximum atomic E-state index is 11.3. The van der Waals surface area contributed by atoms with Gasteiger partial charge in [-0.2, -0.15) is 8.42 Å². The minimum absolute atomic E-state index is 0. The van der Waals surface area contributed by atoms with Crippen LogP contribution in [0, 0.1) is 6.92 Å². The van der Waals surface area contributed by atoms with Crippen molar-refractivity contribution in [1.29, 1.82) is 0 Å². The molecular formula is C14H20NNaO6S. The number of rotatable bonds is 3. The summed E-state index contributed by atoms with van der Waals surface area (Å²) >= 11 is 0. The minimum atomic E-state index is -4.67. The van der Waals surface area contributed by atoms with Crippen molar-refractivity contribution < 1.29 is 21.9 Å². The fraction of sp³-hybridized carbons (Fsp3) is 0.357. The Balaban J connectivity index is 0.000000709. The van der Waals surface area contributed by atoms with Gasteiger partial charge in [-0.1, -0.05) is 0 Å². The zero-order chi connectivity index (χ0) is 16.9. The molecule has 2 N–H and O–H groups in total. The van der Waals surface area contributed by atoms with Crippen molar-refractivity contribution in [2.45, 2.75) is 20.8 Å². The van der Waals surface area contributed by atoms with Crippen LogP contribution >= 0.6 is 0 Å². The molecule has 0 atom stereocenters. The fourth-order valence-electron chi connectivity index (χ4n) is 2.10. The Morgan fingerprint density at radius 2 is 1.65 bits per heavy atom. The van der Waals surface area contributed by atoms with Crippen LogP contribution in [0.3, 0.4) is 0 Å². The van der Waals surface area contributed by atoms with E-state index < -0.39 is 10.4 Å². The number of nitrogens with zero attached hydrogens (tertiary/aromatic N) is 1. The molecule has 0 spiro atoms. The monoisotopic (exact) mass is 353 g/mol. The van der Waals surface area contributed by atoms with E-state index in [1.807, 2.05) is 19.1 Å². The van der Waals surface area contributed by atoms with Crippen LogP contribution in [0.15, 0.2) is 33.5 Å². The molecule has 23 heavy (non-hydrogen) atoms. The molecule has 0 saturated carbocycles. The van der Waals surface area contributed by atoms with Crippen LogP contribution in [-0.4, -0.2) is 60.2 Å². The van der Waals surface area contributed by atoms with E-state index in [-0.39, 0.29) is 35.2 Å². The number of hydrogen-bond acceptors (Lipinski definition) is 5. The van der Waals surface area contributed by atoms with E-state index in [9.17, 15) is 4.79 Å². The van der Waals surface area contributed by atoms with Crippen LogP contribution in [0.1, 0.15) is 19.4 Å². The molecule has 2 rings (SSSR count). The molecule has 124 valence electrons. The van der Waals surface area contributed by atoms with Crippen LogP contribution in [-0.2, 0) is 10.4 Å². The Morgan fingerprint density at radius 1 is 1.13 bits per heavy atom. The second-order valence-corrected chi connectivity index (χ2v) is 5.44. The molecular weight excluding hydrogens is 333 g/mol. The molecule has 0 amide bonds. The summed E-state index contributed by atoms with van der Waals surface area (Å²) in [6.45, 7) is 8.03. The van der Waals surface area contributed by atoms with Gasteiger partial charge in [-0.15, -0.1) is 0 Å². The quantitative estimate of drug-likeness (QED) is 0.491. The molecule has 1 aromatic heterocycles. The van der Waals surface area contributed by atoms with E-state index in [0.717, 1.165) is 29.7 Å². The SMILES string of the molecule is CCN(CC)c1ccc2c(C)cc(=O)oc2c1.O=S(=O)(O)O.[NaH]. The zero-order valence-electron chi connectivity index (χ0n) is 12.6. The summed E-state index contributed by atoms with van der Waals surface area (Å²) in [4.78, 5) is 13.6. The first kappa shape index (κ1) is 22.1. The van der Waals surface area contributed by atoms with Gasteiger partial charge in [0.05, 0.1) is 0 Å². The third-order valence-electron chi connectivity index (χ3n) is 3.06. The van der Waals surface area contributed by atoms with E-state index in [1.165, 1.54) is 6.07 Å². The van der Waals surface area contributed by atoms with E-state index in [1.54, 1.807) is 0 Å². The van der Waals surface area contributed by atoms with Gasteiger partial charge >= 0.3 is 45.6 Å². The van der Waals surface area contributed by atoms with Crippen molar-refractivity contribution >= 4 is 56.6 Å². The van der Waals surface area contributed by atoms with Gasteiger partial charge in [-0.3, -0.25) is 9.11 Å². The van der Waals surface area contributed by atoms with Gasteiger partial charge in [-0.05, 0) is 38.5 Å². The molecule has 0 aliphatic heterocycles. The summed E-state index contributed by atoms with van der Waals surface area (Å²) in [6, 6.07) is 7.56. The van der Waals surface area contributed by atoms with Gasteiger partial charge in [-0.25, -0.2) is 4.79 Å². The topological polar surface area (TPSA) is 108 Å². The Kier molecular flexibility index (Phi) is 9.04. The molecule has 0 fully saturated rings. The molecule has 0 aliphatic carbocycles. The summed E-state index contributed by atoms with van der Waals surface area (Å²) in [6.07, 6.45) is 0. The predicted molar refractivity (Wildman–Crippen MR) is 92.1 cm³/mol. The standard InChI is InChI=1S/C14H17NO2.Na.H2O4S.H/c1-4-15(5-2)11-6-7-12-10(3)8-14(16)17-13(12)9-11;;1-5(2,3)4;/h6-9H,4-5H2,1-3H3;;(H2,1,2,3,4);. The first-order valence-electron chi connectivity index (χ1n) is 6.65. The van der Waals surface area contributed by atoms with Crippen molar-refractivity contribution in [1.82, 2.24) is 0 Å². The number of anilines is 1. The van der Waals surface area contributed by atoms with Crippen molar-refractivity contribution in [3.8, 4) is 0 Å². The second-order valence-electron chi connectivity index (χ2n) is 4.55. The van der Waals surface area contributed by atoms with Crippen molar-refractivity contribution in [3.05, 3.63) is 40.2 Å². The van der Waals surface area contributed by atoms with Crippen LogP contribution in [0.5, 0.6) is 0 Å². The van der Waals surface area contributed by atoms with Crippen molar-refractivity contribution in [2.75, 3.05) is 18.0 Å². The van der Waals surface area contributed by atoms with Crippen LogP contribution in [0.2, 0.25) is 0 Å². The van der Waals surface area contributed by atoms with Gasteiger partial charge in [0.15, 0.2) is 0 Å². The molecule has 0 saturated heterocycles. The fourth-order valence-corrected chi connectivity index (χ4v) is 2.10. The normalized spacial score (nSPS) is 10.5. The summed E-state index contributed by atoms with van der Waals surface area (Å²) in [5.74, 6) is 0. The van der Waals surface area contributed by atoms with Gasteiger partial charge in [0.2, 0.25) is 0 Å². The van der Waals surface area contributed by atoms with Gasteiger partial charge in [0.25, 0.3) is 0 Å². The number of benzene rings is 1. The average molecular weight is 353 g/mol. The van der Waals surface area contributed by atoms with Crippen molar-refractivity contribution in [3.63, 3.8) is 0 Å². The first-order valence-corrected chi connectivity index (χ1v) is 8.04. The summed E-state index contributed by atoms with van der Waals surface area (Å²) < 4.78 is 36.8. The van der Waals surface area contributed by atoms with E-state index in [0.29, 0.717) is 5.58 Å². The van der Waals surface area contributed by atoms with E-state index in [4.69, 9.17) is 21.9 Å². The Hall–Kier alpha value is -0.900. The average Bonchev–Trinajstić information content (AvgIpc) is 2.37. The zero-order valence-corrected chi connectivity index (χ0v) is 13.4. The van der Waals surface area contributed by atoms with Crippen LogP contribution in [0.4, 0.5) is 5.69 Å². The number of aryl methyl sites for hydroxylation is 1. The third-order valence-corrected chi connectivity index (χ3v) is 3.06. The van der Waals surface area contributed by atoms with Gasteiger partial charge < -0.3 is 9.32 Å². The maximum absolute atomic E-state index is 11.3. The molecule has 1 heterocycles. The predicted octanol–water partition coefficient (Wildman–Crippen LogP) is 1.65. The Bertz CT molecular complexity index is 791. The molecule has 7 nitrogen and oxygen atoms in total. The van der Waals surface area contributed by atoms with Gasteiger partial charge in [0, 0.05) is 36.3 Å². The molecule has 0 unspecified atom stereocenters. The molecule has 9 heteroatoms. The Morgan fingerprint density at radius 3 is 2.13 bits per heavy atom. The van der Waals surface area contributed by atoms with E-state index >= 15 is 0 Å². The molecule has 1 aromatic carbocycles. The molecule has 0 radical (unpaired) electrons. The third kappa shape index (κ3) is 7.47. The van der Waals surface area contributed by atoms with Crippen LogP contribution < -0.4 is 10.5 Å². The van der Waals surface area contributed by atoms with Crippen molar-refractivity contribution in [2.24, 2.45) is 0 Å².